The van der Waals surface area contributed by atoms with Gasteiger partial charge in [-0.25, -0.2) is 0 Å². The van der Waals surface area contributed by atoms with E-state index in [9.17, 15) is 13.2 Å². The fourth-order valence-corrected chi connectivity index (χ4v) is 2.02. The van der Waals surface area contributed by atoms with Crippen molar-refractivity contribution in [3.63, 3.8) is 0 Å². The van der Waals surface area contributed by atoms with E-state index >= 15 is 0 Å². The SMILES string of the molecule is CCC(=O)OC1COS(=O)(=O)C1C. The molecule has 0 aromatic rings. The van der Waals surface area contributed by atoms with Crippen molar-refractivity contribution in [3.8, 4) is 0 Å². The average Bonchev–Trinajstić information content (AvgIpc) is 2.32. The third-order valence-corrected chi connectivity index (χ3v) is 3.63. The monoisotopic (exact) mass is 208 g/mol. The highest BCUT2D eigenvalue weighted by Crippen LogP contribution is 2.20. The Labute approximate surface area is 77.1 Å². The zero-order valence-corrected chi connectivity index (χ0v) is 8.33. The van der Waals surface area contributed by atoms with E-state index in [1.807, 2.05) is 0 Å². The number of carbonyl (C=O) groups is 1. The Morgan fingerprint density at radius 3 is 2.62 bits per heavy atom. The summed E-state index contributed by atoms with van der Waals surface area (Å²) in [6.45, 7) is 3.06. The van der Waals surface area contributed by atoms with E-state index in [1.54, 1.807) is 6.92 Å². The van der Waals surface area contributed by atoms with Gasteiger partial charge < -0.3 is 4.74 Å². The predicted octanol–water partition coefficient (Wildman–Crippen LogP) is 0.0567. The van der Waals surface area contributed by atoms with Crippen LogP contribution in [-0.4, -0.2) is 32.3 Å². The van der Waals surface area contributed by atoms with Crippen LogP contribution in [-0.2, 0) is 23.8 Å². The number of hydrogen-bond donors (Lipinski definition) is 0. The molecule has 0 N–H and O–H groups in total. The Kier molecular flexibility index (Phi) is 2.92. The summed E-state index contributed by atoms with van der Waals surface area (Å²) in [6.07, 6.45) is -0.416. The van der Waals surface area contributed by atoms with Crippen molar-refractivity contribution >= 4 is 16.1 Å². The highest BCUT2D eigenvalue weighted by Gasteiger charge is 2.40. The summed E-state index contributed by atoms with van der Waals surface area (Å²) in [6, 6.07) is 0. The second-order valence-corrected chi connectivity index (χ2v) is 4.83. The predicted molar refractivity (Wildman–Crippen MR) is 44.5 cm³/mol. The number of carbonyl (C=O) groups excluding carboxylic acids is 1. The number of rotatable bonds is 2. The molecule has 0 saturated carbocycles. The van der Waals surface area contributed by atoms with E-state index in [2.05, 4.69) is 4.18 Å². The van der Waals surface area contributed by atoms with Gasteiger partial charge in [-0.15, -0.1) is 0 Å². The van der Waals surface area contributed by atoms with Crippen LogP contribution in [0.4, 0.5) is 0 Å². The van der Waals surface area contributed by atoms with Gasteiger partial charge >= 0.3 is 5.97 Å². The molecule has 6 heteroatoms. The Morgan fingerprint density at radius 2 is 2.23 bits per heavy atom. The van der Waals surface area contributed by atoms with Gasteiger partial charge in [0.15, 0.2) is 0 Å². The summed E-state index contributed by atoms with van der Waals surface area (Å²) < 4.78 is 31.4. The van der Waals surface area contributed by atoms with Crippen molar-refractivity contribution in [1.29, 1.82) is 0 Å². The van der Waals surface area contributed by atoms with E-state index in [4.69, 9.17) is 4.74 Å². The molecule has 1 heterocycles. The molecule has 0 radical (unpaired) electrons. The molecule has 2 atom stereocenters. The van der Waals surface area contributed by atoms with Gasteiger partial charge in [0.2, 0.25) is 0 Å². The first-order valence-electron chi connectivity index (χ1n) is 4.05. The molecule has 1 saturated heterocycles. The van der Waals surface area contributed by atoms with Gasteiger partial charge in [-0.2, -0.15) is 8.42 Å². The van der Waals surface area contributed by atoms with Gasteiger partial charge in [0, 0.05) is 6.42 Å². The van der Waals surface area contributed by atoms with E-state index in [1.165, 1.54) is 6.92 Å². The van der Waals surface area contributed by atoms with Crippen LogP contribution in [0.2, 0.25) is 0 Å². The lowest BCUT2D eigenvalue weighted by Gasteiger charge is -2.11. The maximum absolute atomic E-state index is 11.0. The Bertz CT molecular complexity index is 294. The molecule has 1 fully saturated rings. The van der Waals surface area contributed by atoms with Crippen molar-refractivity contribution in [2.45, 2.75) is 31.6 Å². The van der Waals surface area contributed by atoms with E-state index < -0.39 is 27.4 Å². The highest BCUT2D eigenvalue weighted by molar-refractivity contribution is 7.87. The van der Waals surface area contributed by atoms with Crippen LogP contribution < -0.4 is 0 Å². The van der Waals surface area contributed by atoms with Crippen LogP contribution in [0.3, 0.4) is 0 Å². The number of esters is 1. The minimum Gasteiger partial charge on any atom is -0.458 e. The third-order valence-electron chi connectivity index (χ3n) is 1.95. The second-order valence-electron chi connectivity index (χ2n) is 2.86. The first-order chi connectivity index (χ1) is 5.97. The molecule has 76 valence electrons. The van der Waals surface area contributed by atoms with Crippen molar-refractivity contribution < 1.29 is 22.1 Å². The third kappa shape index (κ3) is 2.19. The Morgan fingerprint density at radius 1 is 1.62 bits per heavy atom. The van der Waals surface area contributed by atoms with Gasteiger partial charge in [-0.1, -0.05) is 6.92 Å². The van der Waals surface area contributed by atoms with Crippen LogP contribution in [0.1, 0.15) is 20.3 Å². The lowest BCUT2D eigenvalue weighted by molar-refractivity contribution is -0.148. The average molecular weight is 208 g/mol. The molecule has 1 aliphatic heterocycles. The Hall–Kier alpha value is -0.620. The van der Waals surface area contributed by atoms with Crippen LogP contribution in [0, 0.1) is 0 Å². The zero-order valence-electron chi connectivity index (χ0n) is 7.52. The van der Waals surface area contributed by atoms with Crippen LogP contribution in [0.25, 0.3) is 0 Å². The second kappa shape index (κ2) is 3.63. The van der Waals surface area contributed by atoms with Crippen molar-refractivity contribution in [1.82, 2.24) is 0 Å². The van der Waals surface area contributed by atoms with E-state index in [0.717, 1.165) is 0 Å². The van der Waals surface area contributed by atoms with Crippen LogP contribution >= 0.6 is 0 Å². The molecule has 2 unspecified atom stereocenters. The molecular formula is C7H12O5S. The molecule has 0 spiro atoms. The fraction of sp³-hybridized carbons (Fsp3) is 0.857. The lowest BCUT2D eigenvalue weighted by Crippen LogP contribution is -2.29. The van der Waals surface area contributed by atoms with Gasteiger partial charge in [0.1, 0.15) is 18.0 Å². The lowest BCUT2D eigenvalue weighted by atomic mass is 10.3. The number of hydrogen-bond acceptors (Lipinski definition) is 5. The molecule has 0 aromatic heterocycles. The normalized spacial score (nSPS) is 31.5. The summed E-state index contributed by atoms with van der Waals surface area (Å²) in [5.74, 6) is -0.405. The van der Waals surface area contributed by atoms with E-state index in [0.29, 0.717) is 0 Å². The first-order valence-corrected chi connectivity index (χ1v) is 5.52. The summed E-state index contributed by atoms with van der Waals surface area (Å²) in [5, 5.41) is -0.761. The standard InChI is InChI=1S/C7H12O5S/c1-3-7(8)12-6-4-11-13(9,10)5(6)2/h5-6H,3-4H2,1-2H3. The molecule has 0 aromatic carbocycles. The van der Waals surface area contributed by atoms with Crippen molar-refractivity contribution in [3.05, 3.63) is 0 Å². The van der Waals surface area contributed by atoms with Crippen LogP contribution in [0.15, 0.2) is 0 Å². The van der Waals surface area contributed by atoms with Gasteiger partial charge in [-0.3, -0.25) is 8.98 Å². The summed E-state index contributed by atoms with van der Waals surface area (Å²) in [4.78, 5) is 10.9. The zero-order chi connectivity index (χ0) is 10.1. The first kappa shape index (κ1) is 10.5. The van der Waals surface area contributed by atoms with Crippen LogP contribution in [0.5, 0.6) is 0 Å². The molecule has 0 bridgehead atoms. The summed E-state index contributed by atoms with van der Waals surface area (Å²) >= 11 is 0. The largest absolute Gasteiger partial charge is 0.458 e. The van der Waals surface area contributed by atoms with Gasteiger partial charge in [-0.05, 0) is 6.92 Å². The van der Waals surface area contributed by atoms with Gasteiger partial charge in [0.25, 0.3) is 10.1 Å². The maximum Gasteiger partial charge on any atom is 0.305 e. The Balaban J connectivity index is 2.61. The number of ether oxygens (including phenoxy) is 1. The van der Waals surface area contributed by atoms with Crippen molar-refractivity contribution in [2.24, 2.45) is 0 Å². The molecular weight excluding hydrogens is 196 g/mol. The molecule has 0 aliphatic carbocycles. The topological polar surface area (TPSA) is 69.7 Å². The van der Waals surface area contributed by atoms with E-state index in [-0.39, 0.29) is 13.0 Å². The quantitative estimate of drug-likeness (QED) is 0.474. The molecule has 1 rings (SSSR count). The molecule has 5 nitrogen and oxygen atoms in total. The molecule has 1 aliphatic rings. The summed E-state index contributed by atoms with van der Waals surface area (Å²) in [7, 11) is -3.51. The minimum atomic E-state index is -3.51. The van der Waals surface area contributed by atoms with Gasteiger partial charge in [0.05, 0.1) is 0 Å². The van der Waals surface area contributed by atoms with Crippen molar-refractivity contribution in [2.75, 3.05) is 6.61 Å². The smallest absolute Gasteiger partial charge is 0.305 e. The minimum absolute atomic E-state index is 0.0603. The maximum atomic E-state index is 11.0. The summed E-state index contributed by atoms with van der Waals surface area (Å²) in [5.41, 5.74) is 0. The fourth-order valence-electron chi connectivity index (χ4n) is 0.973. The molecule has 13 heavy (non-hydrogen) atoms. The molecule has 0 amide bonds. The highest BCUT2D eigenvalue weighted by atomic mass is 32.2.